The van der Waals surface area contributed by atoms with Gasteiger partial charge in [-0.25, -0.2) is 0 Å². The van der Waals surface area contributed by atoms with Gasteiger partial charge >= 0.3 is 0 Å². The van der Waals surface area contributed by atoms with E-state index >= 15 is 0 Å². The van der Waals surface area contributed by atoms with Crippen LogP contribution in [-0.2, 0) is 0 Å². The van der Waals surface area contributed by atoms with Crippen LogP contribution in [0, 0.1) is 0 Å². The molecule has 1 aromatic carbocycles. The van der Waals surface area contributed by atoms with Crippen molar-refractivity contribution < 1.29 is 4.79 Å². The molecular formula is C11H15ClN2O. The van der Waals surface area contributed by atoms with E-state index in [2.05, 4.69) is 0 Å². The minimum absolute atomic E-state index is 0.0862. The summed E-state index contributed by atoms with van der Waals surface area (Å²) in [6.07, 6.45) is 0.919. The van der Waals surface area contributed by atoms with Gasteiger partial charge in [0.2, 0.25) is 0 Å². The smallest absolute Gasteiger partial charge is 0.255 e. The second-order valence-electron chi connectivity index (χ2n) is 3.46. The number of nitrogens with two attached hydrogens (primary N) is 1. The summed E-state index contributed by atoms with van der Waals surface area (Å²) in [6, 6.07) is 4.92. The lowest BCUT2D eigenvalue weighted by atomic mass is 10.1. The zero-order valence-electron chi connectivity index (χ0n) is 8.96. The largest absolute Gasteiger partial charge is 0.398 e. The van der Waals surface area contributed by atoms with Gasteiger partial charge in [0, 0.05) is 24.3 Å². The Morgan fingerprint density at radius 1 is 1.53 bits per heavy atom. The van der Waals surface area contributed by atoms with Crippen LogP contribution in [0.4, 0.5) is 5.69 Å². The molecule has 0 aromatic heterocycles. The number of halogens is 1. The van der Waals surface area contributed by atoms with E-state index in [-0.39, 0.29) is 5.91 Å². The molecule has 0 fully saturated rings. The van der Waals surface area contributed by atoms with Gasteiger partial charge in [0.25, 0.3) is 5.91 Å². The SMILES string of the molecule is CCCN(C)C(=O)c1cc(Cl)ccc1N. The van der Waals surface area contributed by atoms with Gasteiger partial charge in [0.15, 0.2) is 0 Å². The Morgan fingerprint density at radius 2 is 2.20 bits per heavy atom. The summed E-state index contributed by atoms with van der Waals surface area (Å²) >= 11 is 5.82. The number of carbonyl (C=O) groups is 1. The minimum atomic E-state index is -0.0862. The predicted molar refractivity (Wildman–Crippen MR) is 63.1 cm³/mol. The molecule has 3 nitrogen and oxygen atoms in total. The lowest BCUT2D eigenvalue weighted by molar-refractivity contribution is 0.0796. The highest BCUT2D eigenvalue weighted by molar-refractivity contribution is 6.31. The summed E-state index contributed by atoms with van der Waals surface area (Å²) in [7, 11) is 1.76. The van der Waals surface area contributed by atoms with Crippen LogP contribution < -0.4 is 5.73 Å². The molecule has 0 radical (unpaired) electrons. The molecule has 0 aliphatic carbocycles. The molecule has 0 aliphatic heterocycles. The summed E-state index contributed by atoms with van der Waals surface area (Å²) in [5, 5.41) is 0.525. The molecule has 0 saturated heterocycles. The first-order valence-electron chi connectivity index (χ1n) is 4.86. The van der Waals surface area contributed by atoms with Crippen molar-refractivity contribution in [1.82, 2.24) is 4.90 Å². The molecule has 1 aromatic rings. The Balaban J connectivity index is 2.95. The van der Waals surface area contributed by atoms with Crippen LogP contribution in [-0.4, -0.2) is 24.4 Å². The normalized spacial score (nSPS) is 10.1. The highest BCUT2D eigenvalue weighted by atomic mass is 35.5. The van der Waals surface area contributed by atoms with Crippen LogP contribution >= 0.6 is 11.6 Å². The molecule has 1 amide bonds. The minimum Gasteiger partial charge on any atom is -0.398 e. The van der Waals surface area contributed by atoms with Gasteiger partial charge in [0.1, 0.15) is 0 Å². The maximum absolute atomic E-state index is 11.9. The van der Waals surface area contributed by atoms with Crippen molar-refractivity contribution in [1.29, 1.82) is 0 Å². The first kappa shape index (κ1) is 11.9. The summed E-state index contributed by atoms with van der Waals surface area (Å²) in [4.78, 5) is 13.5. The van der Waals surface area contributed by atoms with Gasteiger partial charge in [0.05, 0.1) is 5.56 Å². The third kappa shape index (κ3) is 2.86. The predicted octanol–water partition coefficient (Wildman–Crippen LogP) is 2.40. The third-order valence-electron chi connectivity index (χ3n) is 2.15. The molecule has 0 saturated carbocycles. The van der Waals surface area contributed by atoms with Crippen LogP contribution in [0.25, 0.3) is 0 Å². The van der Waals surface area contributed by atoms with Crippen LogP contribution in [0.15, 0.2) is 18.2 Å². The third-order valence-corrected chi connectivity index (χ3v) is 2.39. The van der Waals surface area contributed by atoms with E-state index < -0.39 is 0 Å². The van der Waals surface area contributed by atoms with Gasteiger partial charge in [-0.3, -0.25) is 4.79 Å². The molecule has 0 bridgehead atoms. The number of rotatable bonds is 3. The molecule has 0 unspecified atom stereocenters. The lowest BCUT2D eigenvalue weighted by Gasteiger charge is -2.17. The number of nitrogens with zero attached hydrogens (tertiary/aromatic N) is 1. The number of nitrogen functional groups attached to an aromatic ring is 1. The first-order chi connectivity index (χ1) is 7.06. The van der Waals surface area contributed by atoms with Gasteiger partial charge in [-0.2, -0.15) is 0 Å². The van der Waals surface area contributed by atoms with E-state index in [1.165, 1.54) is 0 Å². The molecule has 82 valence electrons. The monoisotopic (exact) mass is 226 g/mol. The molecule has 0 aliphatic rings. The summed E-state index contributed by atoms with van der Waals surface area (Å²) in [6.45, 7) is 2.73. The van der Waals surface area contributed by atoms with E-state index in [0.717, 1.165) is 6.42 Å². The molecule has 0 heterocycles. The molecule has 0 spiro atoms. The number of hydrogen-bond donors (Lipinski definition) is 1. The summed E-state index contributed by atoms with van der Waals surface area (Å²) in [5.41, 5.74) is 6.65. The van der Waals surface area contributed by atoms with Crippen LogP contribution in [0.5, 0.6) is 0 Å². The zero-order valence-corrected chi connectivity index (χ0v) is 9.71. The molecular weight excluding hydrogens is 212 g/mol. The van der Waals surface area contributed by atoms with E-state index in [1.807, 2.05) is 6.92 Å². The van der Waals surface area contributed by atoms with Crippen LogP contribution in [0.2, 0.25) is 5.02 Å². The Bertz CT molecular complexity index is 366. The van der Waals surface area contributed by atoms with Gasteiger partial charge in [-0.05, 0) is 24.6 Å². The fourth-order valence-corrected chi connectivity index (χ4v) is 1.53. The van der Waals surface area contributed by atoms with Crippen molar-refractivity contribution in [3.8, 4) is 0 Å². The van der Waals surface area contributed by atoms with E-state index in [0.29, 0.717) is 22.8 Å². The Labute approximate surface area is 94.8 Å². The van der Waals surface area contributed by atoms with Crippen molar-refractivity contribution >= 4 is 23.2 Å². The maximum atomic E-state index is 11.9. The van der Waals surface area contributed by atoms with Crippen LogP contribution in [0.1, 0.15) is 23.7 Å². The average Bonchev–Trinajstić information content (AvgIpc) is 2.21. The highest BCUT2D eigenvalue weighted by Gasteiger charge is 2.14. The maximum Gasteiger partial charge on any atom is 0.255 e. The number of anilines is 1. The second kappa shape index (κ2) is 5.03. The first-order valence-corrected chi connectivity index (χ1v) is 5.24. The molecule has 2 N–H and O–H groups in total. The standard InChI is InChI=1S/C11H15ClN2O/c1-3-6-14(2)11(15)9-7-8(12)4-5-10(9)13/h4-5,7H,3,6,13H2,1-2H3. The van der Waals surface area contributed by atoms with Crippen molar-refractivity contribution in [3.63, 3.8) is 0 Å². The fourth-order valence-electron chi connectivity index (χ4n) is 1.36. The summed E-state index contributed by atoms with van der Waals surface area (Å²) < 4.78 is 0. The number of carbonyl (C=O) groups excluding carboxylic acids is 1. The van der Waals surface area contributed by atoms with Crippen molar-refractivity contribution in [2.45, 2.75) is 13.3 Å². The van der Waals surface area contributed by atoms with Crippen LogP contribution in [0.3, 0.4) is 0 Å². The topological polar surface area (TPSA) is 46.3 Å². The van der Waals surface area contributed by atoms with Gasteiger partial charge in [-0.1, -0.05) is 18.5 Å². The van der Waals surface area contributed by atoms with Crippen molar-refractivity contribution in [2.24, 2.45) is 0 Å². The fraction of sp³-hybridized carbons (Fsp3) is 0.364. The molecule has 15 heavy (non-hydrogen) atoms. The highest BCUT2D eigenvalue weighted by Crippen LogP contribution is 2.19. The van der Waals surface area contributed by atoms with E-state index in [4.69, 9.17) is 17.3 Å². The lowest BCUT2D eigenvalue weighted by Crippen LogP contribution is -2.28. The Kier molecular flexibility index (Phi) is 3.97. The second-order valence-corrected chi connectivity index (χ2v) is 3.89. The zero-order chi connectivity index (χ0) is 11.4. The van der Waals surface area contributed by atoms with Crippen molar-refractivity contribution in [3.05, 3.63) is 28.8 Å². The van der Waals surface area contributed by atoms with E-state index in [1.54, 1.807) is 30.1 Å². The summed E-state index contributed by atoms with van der Waals surface area (Å²) in [5.74, 6) is -0.0862. The number of hydrogen-bond acceptors (Lipinski definition) is 2. The number of amides is 1. The van der Waals surface area contributed by atoms with Crippen molar-refractivity contribution in [2.75, 3.05) is 19.3 Å². The Hall–Kier alpha value is -1.22. The van der Waals surface area contributed by atoms with Gasteiger partial charge < -0.3 is 10.6 Å². The molecule has 0 atom stereocenters. The average molecular weight is 227 g/mol. The van der Waals surface area contributed by atoms with Gasteiger partial charge in [-0.15, -0.1) is 0 Å². The Morgan fingerprint density at radius 3 is 2.80 bits per heavy atom. The number of benzene rings is 1. The quantitative estimate of drug-likeness (QED) is 0.805. The molecule has 4 heteroatoms. The molecule has 1 rings (SSSR count). The van der Waals surface area contributed by atoms with E-state index in [9.17, 15) is 4.79 Å².